The highest BCUT2D eigenvalue weighted by Crippen LogP contribution is 2.69. The van der Waals surface area contributed by atoms with Gasteiger partial charge in [0.15, 0.2) is 0 Å². The quantitative estimate of drug-likeness (QED) is 0.0472. The Hall–Kier alpha value is -0.160. The van der Waals surface area contributed by atoms with Gasteiger partial charge in [-0.05, 0) is 219 Å². The second kappa shape index (κ2) is 20.5. The molecule has 8 aliphatic carbocycles. The molecule has 0 aliphatic heterocycles. The van der Waals surface area contributed by atoms with Crippen molar-refractivity contribution in [3.63, 3.8) is 0 Å². The molecule has 0 aromatic rings. The summed E-state index contributed by atoms with van der Waals surface area (Å²) in [4.78, 5) is 27.8. The van der Waals surface area contributed by atoms with E-state index in [1.165, 1.54) is 103 Å². The van der Waals surface area contributed by atoms with E-state index in [0.29, 0.717) is 10.8 Å². The number of carbonyl (C=O) groups is 2. The summed E-state index contributed by atoms with van der Waals surface area (Å²) in [6, 6.07) is 0. The molecule has 7 heteroatoms. The molecule has 8 rings (SSSR count). The predicted octanol–water partition coefficient (Wildman–Crippen LogP) is 15.9. The first-order chi connectivity index (χ1) is 31.1. The maximum atomic E-state index is 13.9. The van der Waals surface area contributed by atoms with Crippen LogP contribution >= 0.6 is 45.2 Å². The molecular formula is C58H94I2N2O3. The van der Waals surface area contributed by atoms with Crippen LogP contribution in [0, 0.1) is 80.8 Å². The molecule has 2 amide bonds. The molecule has 6 fully saturated rings. The van der Waals surface area contributed by atoms with Crippen molar-refractivity contribution in [2.24, 2.45) is 80.8 Å². The number of carbonyl (C=O) groups excluding carboxylic acids is 2. The molecule has 0 bridgehead atoms. The average Bonchev–Trinajstić information content (AvgIpc) is 3.81. The SMILES string of the molecule is CC[C@H]1CC[C@H]2[C@@H]3CC=C4C[C@@H](C(CCCCCI)(NC(C)=O)OC(CCCCCI)(NC(C)=O)[C@H]5CC[C@@]6(C)C(=CC[C@H]7[C@@H]8CC[C@H](CC)[C@@]8(C)CC[C@@H]76)C5)CC[C@]4(C)[C@H]3CC[C@]12C. The summed E-state index contributed by atoms with van der Waals surface area (Å²) in [5.41, 5.74) is 3.08. The van der Waals surface area contributed by atoms with Crippen LogP contribution in [-0.4, -0.2) is 32.1 Å². The Bertz CT molecular complexity index is 1640. The maximum Gasteiger partial charge on any atom is 0.219 e. The van der Waals surface area contributed by atoms with Gasteiger partial charge in [-0.1, -0.05) is 136 Å². The molecule has 368 valence electrons. The number of ether oxygens (including phenoxy) is 1. The third kappa shape index (κ3) is 9.32. The van der Waals surface area contributed by atoms with Gasteiger partial charge in [-0.2, -0.15) is 0 Å². The molecular weight excluding hydrogens is 1030 g/mol. The van der Waals surface area contributed by atoms with Crippen LogP contribution in [0.15, 0.2) is 23.3 Å². The van der Waals surface area contributed by atoms with Gasteiger partial charge < -0.3 is 15.4 Å². The van der Waals surface area contributed by atoms with Gasteiger partial charge >= 0.3 is 0 Å². The van der Waals surface area contributed by atoms with Crippen LogP contribution in [0.3, 0.4) is 0 Å². The summed E-state index contributed by atoms with van der Waals surface area (Å²) in [7, 11) is 0. The van der Waals surface area contributed by atoms with E-state index >= 15 is 0 Å². The van der Waals surface area contributed by atoms with Gasteiger partial charge in [0.1, 0.15) is 11.4 Å². The van der Waals surface area contributed by atoms with Crippen molar-refractivity contribution in [1.29, 1.82) is 0 Å². The first kappa shape index (κ1) is 51.2. The molecule has 8 aliphatic rings. The summed E-state index contributed by atoms with van der Waals surface area (Å²) >= 11 is 5.05. The monoisotopic (exact) mass is 1120 g/mol. The number of rotatable bonds is 18. The summed E-state index contributed by atoms with van der Waals surface area (Å²) < 4.78 is 10.5. The Morgan fingerprint density at radius 3 is 1.37 bits per heavy atom. The lowest BCUT2D eigenvalue weighted by atomic mass is 9.46. The minimum absolute atomic E-state index is 0.00334. The number of halogens is 2. The molecule has 2 unspecified atom stereocenters. The van der Waals surface area contributed by atoms with Crippen LogP contribution in [0.4, 0.5) is 0 Å². The summed E-state index contributed by atoms with van der Waals surface area (Å²) in [5, 5.41) is 7.39. The highest BCUT2D eigenvalue weighted by molar-refractivity contribution is 14.1. The summed E-state index contributed by atoms with van der Waals surface area (Å²) in [6.45, 7) is 19.0. The van der Waals surface area contributed by atoms with Crippen LogP contribution in [0.1, 0.15) is 222 Å². The molecule has 5 nitrogen and oxygen atoms in total. The van der Waals surface area contributed by atoms with E-state index in [0.717, 1.165) is 120 Å². The number of unbranched alkanes of at least 4 members (excludes halogenated alkanes) is 4. The smallest absolute Gasteiger partial charge is 0.219 e. The van der Waals surface area contributed by atoms with Crippen molar-refractivity contribution in [1.82, 2.24) is 10.6 Å². The van der Waals surface area contributed by atoms with Crippen molar-refractivity contribution >= 4 is 57.0 Å². The fourth-order valence-corrected chi connectivity index (χ4v) is 20.1. The van der Waals surface area contributed by atoms with Crippen LogP contribution in [0.25, 0.3) is 0 Å². The standard InChI is InChI=1S/C58H94I2N2O3/c1-9-41-19-23-49-47-21-17-43-37-45(25-31-55(43,7)51(47)27-33-53(41,49)5)57(61-39(3)63,29-13-11-15-35-59)65-58(62-40(4)64,30-14-12-16-36-60)46-26-32-56(8)44(38-46)18-22-48-50-24-20-42(10-2)54(50,6)34-28-52(48)56/h17-18,41-42,45-52H,9-16,19-38H2,1-8H3,(H,61,63)(H,62,64)/t41-,42-,45-,46-,47-,48-,49-,50-,51-,52-,53+,54+,55-,56-,57?,58?/m0/s1. The first-order valence-electron chi connectivity index (χ1n) is 27.8. The number of hydrogen-bond acceptors (Lipinski definition) is 3. The van der Waals surface area contributed by atoms with Crippen molar-refractivity contribution < 1.29 is 14.3 Å². The lowest BCUT2D eigenvalue weighted by molar-refractivity contribution is -0.245. The normalized spacial score (nSPS) is 42.6. The molecule has 2 N–H and O–H groups in total. The zero-order valence-corrected chi connectivity index (χ0v) is 47.0. The Labute approximate surface area is 425 Å². The maximum absolute atomic E-state index is 13.9. The summed E-state index contributed by atoms with van der Waals surface area (Å²) in [6.07, 6.45) is 36.5. The van der Waals surface area contributed by atoms with E-state index < -0.39 is 11.4 Å². The van der Waals surface area contributed by atoms with Crippen LogP contribution < -0.4 is 10.6 Å². The Balaban J connectivity index is 1.13. The van der Waals surface area contributed by atoms with Gasteiger partial charge in [-0.15, -0.1) is 0 Å². The first-order valence-corrected chi connectivity index (χ1v) is 30.9. The van der Waals surface area contributed by atoms with E-state index in [4.69, 9.17) is 4.74 Å². The zero-order valence-electron chi connectivity index (χ0n) is 42.7. The van der Waals surface area contributed by atoms with Crippen molar-refractivity contribution in [2.45, 2.75) is 234 Å². The zero-order chi connectivity index (χ0) is 46.4. The molecule has 0 spiro atoms. The van der Waals surface area contributed by atoms with Gasteiger partial charge in [0.05, 0.1) is 0 Å². The molecule has 0 saturated heterocycles. The van der Waals surface area contributed by atoms with Crippen molar-refractivity contribution in [3.05, 3.63) is 23.3 Å². The third-order valence-corrected chi connectivity index (χ3v) is 23.9. The van der Waals surface area contributed by atoms with E-state index in [9.17, 15) is 9.59 Å². The average molecular weight is 1120 g/mol. The van der Waals surface area contributed by atoms with E-state index in [1.54, 1.807) is 25.0 Å². The topological polar surface area (TPSA) is 67.4 Å². The second-order valence-electron chi connectivity index (χ2n) is 25.1. The van der Waals surface area contributed by atoms with Crippen LogP contribution in [-0.2, 0) is 14.3 Å². The minimum Gasteiger partial charge on any atom is -0.330 e. The fourth-order valence-electron chi connectivity index (χ4n) is 19.0. The van der Waals surface area contributed by atoms with Crippen LogP contribution in [0.5, 0.6) is 0 Å². The van der Waals surface area contributed by atoms with Gasteiger partial charge in [0.25, 0.3) is 0 Å². The van der Waals surface area contributed by atoms with Crippen LogP contribution in [0.2, 0.25) is 0 Å². The number of allylic oxidation sites excluding steroid dienone is 4. The Morgan fingerprint density at radius 1 is 0.585 bits per heavy atom. The summed E-state index contributed by atoms with van der Waals surface area (Å²) in [5.74, 6) is 6.96. The molecule has 0 radical (unpaired) electrons. The highest BCUT2D eigenvalue weighted by Gasteiger charge is 2.62. The highest BCUT2D eigenvalue weighted by atomic mass is 127. The number of hydrogen-bond donors (Lipinski definition) is 2. The molecule has 6 saturated carbocycles. The predicted molar refractivity (Wildman–Crippen MR) is 287 cm³/mol. The number of fused-ring (bicyclic) bond motifs is 10. The largest absolute Gasteiger partial charge is 0.330 e. The van der Waals surface area contributed by atoms with Gasteiger partial charge in [0.2, 0.25) is 11.8 Å². The molecule has 0 aromatic heterocycles. The van der Waals surface area contributed by atoms with Gasteiger partial charge in [0, 0.05) is 25.7 Å². The van der Waals surface area contributed by atoms with Crippen molar-refractivity contribution in [2.75, 3.05) is 8.86 Å². The van der Waals surface area contributed by atoms with E-state index in [-0.39, 0.29) is 34.5 Å². The number of alkyl halides is 2. The lowest BCUT2D eigenvalue weighted by Crippen LogP contribution is -2.67. The van der Waals surface area contributed by atoms with E-state index in [2.05, 4.69) is 110 Å². The molecule has 65 heavy (non-hydrogen) atoms. The van der Waals surface area contributed by atoms with Crippen molar-refractivity contribution in [3.8, 4) is 0 Å². The molecule has 0 aromatic carbocycles. The van der Waals surface area contributed by atoms with Gasteiger partial charge in [-0.3, -0.25) is 9.59 Å². The minimum atomic E-state index is -0.855. The van der Waals surface area contributed by atoms with E-state index in [1.807, 2.05) is 0 Å². The Morgan fingerprint density at radius 2 is 1.00 bits per heavy atom. The third-order valence-electron chi connectivity index (χ3n) is 22.4. The number of nitrogens with one attached hydrogen (secondary N) is 2. The second-order valence-corrected chi connectivity index (χ2v) is 27.3. The molecule has 16 atom stereocenters. The lowest BCUT2D eigenvalue weighted by Gasteiger charge is -2.61. The Kier molecular flexibility index (Phi) is 16.2. The molecule has 0 heterocycles. The fraction of sp³-hybridized carbons (Fsp3) is 0.897. The van der Waals surface area contributed by atoms with Gasteiger partial charge in [-0.25, -0.2) is 0 Å². The number of amides is 2.